The molecule has 0 saturated heterocycles. The second-order valence-electron chi connectivity index (χ2n) is 6.83. The van der Waals surface area contributed by atoms with Gasteiger partial charge in [0, 0.05) is 18.2 Å². The SMILES string of the molecule is Cc1cc(Cl)cnc1NC(=S)NCC1(c2ccccc2)CCCCC1. The molecule has 3 rings (SSSR count). The van der Waals surface area contributed by atoms with Crippen LogP contribution in [0.4, 0.5) is 5.82 Å². The molecular weight excluding hydrogens is 350 g/mol. The molecule has 0 aliphatic heterocycles. The normalized spacial score (nSPS) is 16.2. The zero-order valence-electron chi connectivity index (χ0n) is 14.5. The predicted octanol–water partition coefficient (Wildman–Crippen LogP) is 5.23. The third-order valence-corrected chi connectivity index (χ3v) is 5.51. The van der Waals surface area contributed by atoms with Crippen LogP contribution < -0.4 is 10.6 Å². The summed E-state index contributed by atoms with van der Waals surface area (Å²) in [6.07, 6.45) is 7.90. The molecule has 1 fully saturated rings. The van der Waals surface area contributed by atoms with Crippen LogP contribution in [0.15, 0.2) is 42.6 Å². The van der Waals surface area contributed by atoms with Gasteiger partial charge in [-0.1, -0.05) is 61.2 Å². The summed E-state index contributed by atoms with van der Waals surface area (Å²) in [5.74, 6) is 0.749. The van der Waals surface area contributed by atoms with E-state index in [1.54, 1.807) is 6.20 Å². The number of nitrogens with zero attached hydrogens (tertiary/aromatic N) is 1. The van der Waals surface area contributed by atoms with Crippen molar-refractivity contribution in [2.24, 2.45) is 0 Å². The summed E-state index contributed by atoms with van der Waals surface area (Å²) in [7, 11) is 0. The number of benzene rings is 1. The molecule has 0 radical (unpaired) electrons. The first-order valence-corrected chi connectivity index (χ1v) is 9.60. The lowest BCUT2D eigenvalue weighted by molar-refractivity contribution is 0.292. The summed E-state index contributed by atoms with van der Waals surface area (Å²) in [6, 6.07) is 12.7. The summed E-state index contributed by atoms with van der Waals surface area (Å²) >= 11 is 11.5. The molecule has 5 heteroatoms. The van der Waals surface area contributed by atoms with Crippen LogP contribution in [0.3, 0.4) is 0 Å². The van der Waals surface area contributed by atoms with E-state index in [4.69, 9.17) is 23.8 Å². The molecule has 0 spiro atoms. The molecule has 1 aliphatic carbocycles. The van der Waals surface area contributed by atoms with E-state index in [1.165, 1.54) is 37.7 Å². The fourth-order valence-corrected chi connectivity index (χ4v) is 4.04. The van der Waals surface area contributed by atoms with E-state index in [9.17, 15) is 0 Å². The van der Waals surface area contributed by atoms with Crippen LogP contribution in [0.2, 0.25) is 5.02 Å². The second kappa shape index (κ2) is 8.15. The number of anilines is 1. The smallest absolute Gasteiger partial charge is 0.171 e. The van der Waals surface area contributed by atoms with Crippen LogP contribution in [0.1, 0.15) is 43.2 Å². The maximum absolute atomic E-state index is 5.96. The summed E-state index contributed by atoms with van der Waals surface area (Å²) in [4.78, 5) is 4.32. The average Bonchev–Trinajstić information content (AvgIpc) is 2.64. The first-order valence-electron chi connectivity index (χ1n) is 8.82. The fourth-order valence-electron chi connectivity index (χ4n) is 3.66. The van der Waals surface area contributed by atoms with Crippen molar-refractivity contribution < 1.29 is 0 Å². The molecule has 0 bridgehead atoms. The zero-order valence-corrected chi connectivity index (χ0v) is 16.1. The molecule has 1 aromatic heterocycles. The summed E-state index contributed by atoms with van der Waals surface area (Å²) in [5, 5.41) is 7.87. The van der Waals surface area contributed by atoms with Gasteiger partial charge >= 0.3 is 0 Å². The van der Waals surface area contributed by atoms with Gasteiger partial charge in [-0.3, -0.25) is 0 Å². The first kappa shape index (κ1) is 18.2. The van der Waals surface area contributed by atoms with Crippen molar-refractivity contribution in [2.75, 3.05) is 11.9 Å². The van der Waals surface area contributed by atoms with Crippen molar-refractivity contribution in [1.82, 2.24) is 10.3 Å². The van der Waals surface area contributed by atoms with Gasteiger partial charge in [0.2, 0.25) is 0 Å². The Balaban J connectivity index is 1.68. The lowest BCUT2D eigenvalue weighted by Gasteiger charge is -2.38. The molecule has 0 unspecified atom stereocenters. The van der Waals surface area contributed by atoms with Gasteiger partial charge < -0.3 is 10.6 Å². The Labute approximate surface area is 160 Å². The van der Waals surface area contributed by atoms with Gasteiger partial charge in [0.15, 0.2) is 5.11 Å². The number of aryl methyl sites for hydroxylation is 1. The number of halogens is 1. The number of hydrogen-bond donors (Lipinski definition) is 2. The van der Waals surface area contributed by atoms with Crippen molar-refractivity contribution in [3.8, 4) is 0 Å². The minimum atomic E-state index is 0.160. The molecule has 1 heterocycles. The van der Waals surface area contributed by atoms with Gasteiger partial charge in [-0.2, -0.15) is 0 Å². The molecule has 3 nitrogen and oxygen atoms in total. The quantitative estimate of drug-likeness (QED) is 0.719. The number of pyridine rings is 1. The van der Waals surface area contributed by atoms with E-state index in [-0.39, 0.29) is 5.41 Å². The van der Waals surface area contributed by atoms with Crippen LogP contribution in [0, 0.1) is 6.92 Å². The largest absolute Gasteiger partial charge is 0.362 e. The van der Waals surface area contributed by atoms with Crippen molar-refractivity contribution in [2.45, 2.75) is 44.4 Å². The molecule has 1 aromatic carbocycles. The van der Waals surface area contributed by atoms with Gasteiger partial charge in [-0.25, -0.2) is 4.98 Å². The Morgan fingerprint density at radius 1 is 1.20 bits per heavy atom. The minimum absolute atomic E-state index is 0.160. The fraction of sp³-hybridized carbons (Fsp3) is 0.400. The summed E-state index contributed by atoms with van der Waals surface area (Å²) in [5.41, 5.74) is 2.55. The first-order chi connectivity index (χ1) is 12.1. The highest BCUT2D eigenvalue weighted by molar-refractivity contribution is 7.80. The van der Waals surface area contributed by atoms with Crippen molar-refractivity contribution in [3.63, 3.8) is 0 Å². The molecule has 2 aromatic rings. The Hall–Kier alpha value is -1.65. The standard InChI is InChI=1S/C20H24ClN3S/c1-15-12-17(21)13-22-18(15)24-19(25)23-14-20(10-6-3-7-11-20)16-8-4-2-5-9-16/h2,4-5,8-9,12-13H,3,6-7,10-11,14H2,1H3,(H2,22,23,24,25). The van der Waals surface area contributed by atoms with E-state index in [0.29, 0.717) is 10.1 Å². The number of hydrogen-bond acceptors (Lipinski definition) is 2. The zero-order chi connectivity index (χ0) is 17.7. The molecule has 1 saturated carbocycles. The Bertz CT molecular complexity index is 727. The Morgan fingerprint density at radius 2 is 1.92 bits per heavy atom. The van der Waals surface area contributed by atoms with Crippen LogP contribution in [0.5, 0.6) is 0 Å². The van der Waals surface area contributed by atoms with E-state index >= 15 is 0 Å². The van der Waals surface area contributed by atoms with Gasteiger partial charge in [-0.15, -0.1) is 0 Å². The monoisotopic (exact) mass is 373 g/mol. The van der Waals surface area contributed by atoms with E-state index in [0.717, 1.165) is 17.9 Å². The molecule has 1 aliphatic rings. The lowest BCUT2D eigenvalue weighted by Crippen LogP contribution is -2.43. The predicted molar refractivity (Wildman–Crippen MR) is 109 cm³/mol. The van der Waals surface area contributed by atoms with E-state index in [1.807, 2.05) is 13.0 Å². The number of thiocarbonyl (C=S) groups is 1. The van der Waals surface area contributed by atoms with E-state index < -0.39 is 0 Å². The van der Waals surface area contributed by atoms with Gasteiger partial charge in [0.25, 0.3) is 0 Å². The maximum atomic E-state index is 5.96. The summed E-state index contributed by atoms with van der Waals surface area (Å²) in [6.45, 7) is 2.81. The highest BCUT2D eigenvalue weighted by Gasteiger charge is 2.33. The van der Waals surface area contributed by atoms with Crippen molar-refractivity contribution in [3.05, 3.63) is 58.7 Å². The second-order valence-corrected chi connectivity index (χ2v) is 7.68. The van der Waals surface area contributed by atoms with Gasteiger partial charge in [-0.05, 0) is 49.2 Å². The molecule has 132 valence electrons. The van der Waals surface area contributed by atoms with Gasteiger partial charge in [0.1, 0.15) is 5.82 Å². The number of aromatic nitrogens is 1. The average molecular weight is 374 g/mol. The van der Waals surface area contributed by atoms with E-state index in [2.05, 4.69) is 45.9 Å². The Morgan fingerprint density at radius 3 is 2.60 bits per heavy atom. The molecular formula is C20H24ClN3S. The highest BCUT2D eigenvalue weighted by Crippen LogP contribution is 2.38. The molecule has 2 N–H and O–H groups in total. The number of rotatable bonds is 4. The van der Waals surface area contributed by atoms with Crippen molar-refractivity contribution >= 4 is 34.7 Å². The van der Waals surface area contributed by atoms with Crippen molar-refractivity contribution in [1.29, 1.82) is 0 Å². The molecule has 25 heavy (non-hydrogen) atoms. The summed E-state index contributed by atoms with van der Waals surface area (Å²) < 4.78 is 0. The number of nitrogens with one attached hydrogen (secondary N) is 2. The molecule has 0 amide bonds. The third kappa shape index (κ3) is 4.50. The maximum Gasteiger partial charge on any atom is 0.171 e. The van der Waals surface area contributed by atoms with Crippen LogP contribution >= 0.6 is 23.8 Å². The lowest BCUT2D eigenvalue weighted by atomic mass is 9.69. The molecule has 0 atom stereocenters. The minimum Gasteiger partial charge on any atom is -0.362 e. The van der Waals surface area contributed by atoms with Gasteiger partial charge in [0.05, 0.1) is 5.02 Å². The highest BCUT2D eigenvalue weighted by atomic mass is 35.5. The third-order valence-electron chi connectivity index (χ3n) is 5.06. The van der Waals surface area contributed by atoms with Crippen LogP contribution in [0.25, 0.3) is 0 Å². The van der Waals surface area contributed by atoms with Crippen LogP contribution in [-0.4, -0.2) is 16.6 Å². The van der Waals surface area contributed by atoms with Crippen LogP contribution in [-0.2, 0) is 5.41 Å². The topological polar surface area (TPSA) is 37.0 Å². The Kier molecular flexibility index (Phi) is 5.92.